The normalized spacial score (nSPS) is 10.1. The Morgan fingerprint density at radius 1 is 1.25 bits per heavy atom. The van der Waals surface area contributed by atoms with Crippen LogP contribution in [0, 0.1) is 13.8 Å². The van der Waals surface area contributed by atoms with Crippen LogP contribution in [-0.2, 0) is 11.2 Å². The Labute approximate surface area is 94.1 Å². The van der Waals surface area contributed by atoms with Crippen molar-refractivity contribution < 1.29 is 14.7 Å². The van der Waals surface area contributed by atoms with Crippen LogP contribution in [0.3, 0.4) is 0 Å². The number of carbonyl (C=O) groups is 2. The van der Waals surface area contributed by atoms with Crippen LogP contribution in [0.1, 0.15) is 33.5 Å². The van der Waals surface area contributed by atoms with Crippen molar-refractivity contribution >= 4 is 11.9 Å². The van der Waals surface area contributed by atoms with Crippen LogP contribution < -0.4 is 5.73 Å². The highest BCUT2D eigenvalue weighted by molar-refractivity contribution is 5.95. The molecule has 1 amide bonds. The molecule has 1 rings (SSSR count). The highest BCUT2D eigenvalue weighted by Gasteiger charge is 2.10. The third-order valence-corrected chi connectivity index (χ3v) is 2.47. The highest BCUT2D eigenvalue weighted by Crippen LogP contribution is 2.17. The number of nitrogens with two attached hydrogens (primary N) is 1. The molecule has 0 spiro atoms. The van der Waals surface area contributed by atoms with Crippen LogP contribution in [0.5, 0.6) is 0 Å². The van der Waals surface area contributed by atoms with E-state index in [1.165, 1.54) is 0 Å². The number of hydrogen-bond donors (Lipinski definition) is 2. The number of carboxylic acid groups (broad SMARTS) is 1. The first-order chi connectivity index (χ1) is 7.41. The van der Waals surface area contributed by atoms with E-state index in [2.05, 4.69) is 0 Å². The number of hydrogen-bond acceptors (Lipinski definition) is 2. The molecule has 0 fully saturated rings. The van der Waals surface area contributed by atoms with Crippen molar-refractivity contribution in [3.05, 3.63) is 34.4 Å². The van der Waals surface area contributed by atoms with Gasteiger partial charge in [0.05, 0.1) is 0 Å². The van der Waals surface area contributed by atoms with Crippen molar-refractivity contribution in [1.82, 2.24) is 0 Å². The Morgan fingerprint density at radius 3 is 2.12 bits per heavy atom. The number of benzene rings is 1. The monoisotopic (exact) mass is 221 g/mol. The van der Waals surface area contributed by atoms with Crippen LogP contribution in [0.2, 0.25) is 0 Å². The minimum atomic E-state index is -0.825. The van der Waals surface area contributed by atoms with E-state index in [0.717, 1.165) is 16.7 Å². The van der Waals surface area contributed by atoms with Gasteiger partial charge in [-0.15, -0.1) is 0 Å². The second-order valence-electron chi connectivity index (χ2n) is 3.86. The number of primary amides is 1. The Bertz CT molecular complexity index is 415. The molecule has 4 heteroatoms. The first-order valence-corrected chi connectivity index (χ1v) is 5.03. The van der Waals surface area contributed by atoms with E-state index in [1.807, 2.05) is 12.1 Å². The molecular weight excluding hydrogens is 206 g/mol. The molecule has 0 atom stereocenters. The van der Waals surface area contributed by atoms with Gasteiger partial charge < -0.3 is 10.8 Å². The molecule has 0 saturated carbocycles. The summed E-state index contributed by atoms with van der Waals surface area (Å²) in [6, 6.07) is 3.63. The summed E-state index contributed by atoms with van der Waals surface area (Å²) in [4.78, 5) is 21.6. The summed E-state index contributed by atoms with van der Waals surface area (Å²) in [5.41, 5.74) is 8.30. The van der Waals surface area contributed by atoms with Gasteiger partial charge >= 0.3 is 5.97 Å². The maximum Gasteiger partial charge on any atom is 0.303 e. The summed E-state index contributed by atoms with van der Waals surface area (Å²) in [5.74, 6) is -1.27. The molecule has 86 valence electrons. The lowest BCUT2D eigenvalue weighted by molar-refractivity contribution is -0.136. The van der Waals surface area contributed by atoms with E-state index >= 15 is 0 Å². The zero-order valence-corrected chi connectivity index (χ0v) is 9.41. The number of rotatable bonds is 4. The summed E-state index contributed by atoms with van der Waals surface area (Å²) in [6.45, 7) is 3.61. The number of aryl methyl sites for hydroxylation is 3. The largest absolute Gasteiger partial charge is 0.481 e. The minimum absolute atomic E-state index is 0.0921. The quantitative estimate of drug-likeness (QED) is 0.806. The number of carboxylic acids is 1. The third-order valence-electron chi connectivity index (χ3n) is 2.47. The van der Waals surface area contributed by atoms with Gasteiger partial charge in [-0.1, -0.05) is 12.1 Å². The van der Waals surface area contributed by atoms with Crippen molar-refractivity contribution in [2.24, 2.45) is 5.73 Å². The minimum Gasteiger partial charge on any atom is -0.481 e. The first kappa shape index (κ1) is 12.2. The Balaban J connectivity index is 3.00. The maximum atomic E-state index is 11.1. The van der Waals surface area contributed by atoms with Crippen LogP contribution in [0.25, 0.3) is 0 Å². The smallest absolute Gasteiger partial charge is 0.303 e. The van der Waals surface area contributed by atoms with Crippen molar-refractivity contribution in [3.8, 4) is 0 Å². The fourth-order valence-electron chi connectivity index (χ4n) is 1.84. The fourth-order valence-corrected chi connectivity index (χ4v) is 1.84. The van der Waals surface area contributed by atoms with E-state index in [1.54, 1.807) is 13.8 Å². The molecule has 0 bridgehead atoms. The van der Waals surface area contributed by atoms with Gasteiger partial charge in [0.25, 0.3) is 0 Å². The molecule has 0 unspecified atom stereocenters. The average Bonchev–Trinajstić information content (AvgIpc) is 2.12. The molecule has 1 aromatic carbocycles. The molecule has 0 aliphatic heterocycles. The Hall–Kier alpha value is -1.84. The molecule has 1 aromatic rings. The number of aliphatic carboxylic acids is 1. The van der Waals surface area contributed by atoms with Gasteiger partial charge in [0.1, 0.15) is 0 Å². The molecule has 4 nitrogen and oxygen atoms in total. The molecule has 0 aromatic heterocycles. The van der Waals surface area contributed by atoms with Gasteiger partial charge in [0, 0.05) is 12.0 Å². The summed E-state index contributed by atoms with van der Waals surface area (Å²) >= 11 is 0. The summed E-state index contributed by atoms with van der Waals surface area (Å²) < 4.78 is 0. The molecule has 0 heterocycles. The standard InChI is InChI=1S/C12H15NO3/c1-7-5-9(3-4-10(14)15)6-8(2)11(7)12(13)16/h5-6H,3-4H2,1-2H3,(H2,13,16)(H,14,15). The van der Waals surface area contributed by atoms with Crippen LogP contribution >= 0.6 is 0 Å². The predicted molar refractivity (Wildman–Crippen MR) is 60.4 cm³/mol. The topological polar surface area (TPSA) is 80.4 Å². The van der Waals surface area contributed by atoms with E-state index in [0.29, 0.717) is 12.0 Å². The van der Waals surface area contributed by atoms with Crippen molar-refractivity contribution in [3.63, 3.8) is 0 Å². The van der Waals surface area contributed by atoms with Gasteiger partial charge in [-0.05, 0) is 37.0 Å². The first-order valence-electron chi connectivity index (χ1n) is 5.03. The Morgan fingerprint density at radius 2 is 1.75 bits per heavy atom. The lowest BCUT2D eigenvalue weighted by Gasteiger charge is -2.09. The van der Waals surface area contributed by atoms with E-state index in [9.17, 15) is 9.59 Å². The predicted octanol–water partition coefficient (Wildman–Crippen LogP) is 1.42. The molecule has 0 radical (unpaired) electrons. The maximum absolute atomic E-state index is 11.1. The van der Waals surface area contributed by atoms with Crippen LogP contribution in [0.15, 0.2) is 12.1 Å². The SMILES string of the molecule is Cc1cc(CCC(=O)O)cc(C)c1C(N)=O. The highest BCUT2D eigenvalue weighted by atomic mass is 16.4. The second kappa shape index (κ2) is 4.79. The third kappa shape index (κ3) is 2.82. The molecule has 16 heavy (non-hydrogen) atoms. The zero-order chi connectivity index (χ0) is 12.3. The Kier molecular flexibility index (Phi) is 3.66. The summed E-state index contributed by atoms with van der Waals surface area (Å²) in [5, 5.41) is 8.58. The van der Waals surface area contributed by atoms with E-state index in [-0.39, 0.29) is 6.42 Å². The second-order valence-corrected chi connectivity index (χ2v) is 3.86. The van der Waals surface area contributed by atoms with Gasteiger partial charge in [0.2, 0.25) is 5.91 Å². The molecular formula is C12H15NO3. The molecule has 0 aliphatic carbocycles. The van der Waals surface area contributed by atoms with Crippen molar-refractivity contribution in [2.75, 3.05) is 0 Å². The molecule has 3 N–H and O–H groups in total. The fraction of sp³-hybridized carbons (Fsp3) is 0.333. The number of carbonyl (C=O) groups excluding carboxylic acids is 1. The lowest BCUT2D eigenvalue weighted by atomic mass is 9.97. The zero-order valence-electron chi connectivity index (χ0n) is 9.41. The molecule has 0 saturated heterocycles. The van der Waals surface area contributed by atoms with E-state index in [4.69, 9.17) is 10.8 Å². The van der Waals surface area contributed by atoms with Crippen molar-refractivity contribution in [2.45, 2.75) is 26.7 Å². The lowest BCUT2D eigenvalue weighted by Crippen LogP contribution is -2.15. The van der Waals surface area contributed by atoms with Gasteiger partial charge in [-0.2, -0.15) is 0 Å². The number of amides is 1. The van der Waals surface area contributed by atoms with Crippen LogP contribution in [-0.4, -0.2) is 17.0 Å². The van der Waals surface area contributed by atoms with Gasteiger partial charge in [-0.3, -0.25) is 9.59 Å². The average molecular weight is 221 g/mol. The van der Waals surface area contributed by atoms with Gasteiger partial charge in [-0.25, -0.2) is 0 Å². The van der Waals surface area contributed by atoms with Crippen LogP contribution in [0.4, 0.5) is 0 Å². The van der Waals surface area contributed by atoms with Gasteiger partial charge in [0.15, 0.2) is 0 Å². The summed E-state index contributed by atoms with van der Waals surface area (Å²) in [6.07, 6.45) is 0.560. The van der Waals surface area contributed by atoms with E-state index < -0.39 is 11.9 Å². The van der Waals surface area contributed by atoms with Crippen molar-refractivity contribution in [1.29, 1.82) is 0 Å². The molecule has 0 aliphatic rings. The summed E-state index contributed by atoms with van der Waals surface area (Å²) in [7, 11) is 0.